The Labute approximate surface area is 97.6 Å². The van der Waals surface area contributed by atoms with Crippen molar-refractivity contribution in [2.24, 2.45) is 0 Å². The predicted octanol–water partition coefficient (Wildman–Crippen LogP) is 4.71. The average Bonchev–Trinajstić information content (AvgIpc) is 2.08. The second-order valence-corrected chi connectivity index (χ2v) is 5.16. The predicted molar refractivity (Wildman–Crippen MR) is 62.4 cm³/mol. The Kier molecular flexibility index (Phi) is 4.39. The van der Waals surface area contributed by atoms with Gasteiger partial charge in [-0.3, -0.25) is 0 Å². The monoisotopic (exact) mass is 278 g/mol. The van der Waals surface area contributed by atoms with Crippen LogP contribution in [-0.4, -0.2) is 5.38 Å². The molecule has 2 unspecified atom stereocenters. The quantitative estimate of drug-likeness (QED) is 0.703. The molecule has 0 bridgehead atoms. The summed E-state index contributed by atoms with van der Waals surface area (Å²) in [6, 6.07) is 5.36. The number of hydrogen-bond donors (Lipinski definition) is 0. The zero-order valence-electron chi connectivity index (χ0n) is 8.23. The van der Waals surface area contributed by atoms with E-state index in [1.54, 1.807) is 6.07 Å². The molecule has 0 heterocycles. The van der Waals surface area contributed by atoms with Gasteiger partial charge in [-0.25, -0.2) is 4.39 Å². The largest absolute Gasteiger partial charge is 0.205 e. The highest BCUT2D eigenvalue weighted by Crippen LogP contribution is 2.28. The van der Waals surface area contributed by atoms with Gasteiger partial charge in [0.15, 0.2) is 0 Å². The van der Waals surface area contributed by atoms with Crippen molar-refractivity contribution in [3.8, 4) is 0 Å². The molecule has 0 amide bonds. The summed E-state index contributed by atoms with van der Waals surface area (Å²) >= 11 is 9.05. The third-order valence-corrected chi connectivity index (χ3v) is 2.98. The minimum atomic E-state index is -0.169. The lowest BCUT2D eigenvalue weighted by molar-refractivity contribution is 0.567. The van der Waals surface area contributed by atoms with Crippen molar-refractivity contribution in [3.05, 3.63) is 34.1 Å². The van der Waals surface area contributed by atoms with E-state index in [1.165, 1.54) is 0 Å². The molecule has 1 rings (SSSR count). The van der Waals surface area contributed by atoms with Gasteiger partial charge in [-0.1, -0.05) is 19.1 Å². The van der Waals surface area contributed by atoms with Crippen molar-refractivity contribution in [1.29, 1.82) is 0 Å². The first-order valence-corrected chi connectivity index (χ1v) is 5.83. The summed E-state index contributed by atoms with van der Waals surface area (Å²) in [5.41, 5.74) is 0.729. The van der Waals surface area contributed by atoms with E-state index >= 15 is 0 Å². The minimum Gasteiger partial charge on any atom is -0.205 e. The Bertz CT molecular complexity index is 312. The second-order valence-electron chi connectivity index (χ2n) is 3.56. The summed E-state index contributed by atoms with van der Waals surface area (Å²) in [5.74, 6) is -0.0164. The molecular weight excluding hydrogens is 266 g/mol. The van der Waals surface area contributed by atoms with E-state index in [1.807, 2.05) is 26.0 Å². The van der Waals surface area contributed by atoms with Crippen LogP contribution in [-0.2, 0) is 0 Å². The fourth-order valence-electron chi connectivity index (χ4n) is 1.52. The van der Waals surface area contributed by atoms with E-state index in [0.29, 0.717) is 4.47 Å². The molecule has 2 atom stereocenters. The van der Waals surface area contributed by atoms with Gasteiger partial charge >= 0.3 is 0 Å². The SMILES string of the molecule is CC(Cl)CC(C)c1cccc(Br)c1F. The van der Waals surface area contributed by atoms with E-state index in [4.69, 9.17) is 11.6 Å². The van der Waals surface area contributed by atoms with Gasteiger partial charge in [-0.15, -0.1) is 11.6 Å². The van der Waals surface area contributed by atoms with Crippen LogP contribution in [0.3, 0.4) is 0 Å². The van der Waals surface area contributed by atoms with Crippen LogP contribution in [0.15, 0.2) is 22.7 Å². The zero-order valence-corrected chi connectivity index (χ0v) is 10.6. The maximum Gasteiger partial charge on any atom is 0.140 e. The number of alkyl halides is 1. The van der Waals surface area contributed by atoms with Crippen molar-refractivity contribution >= 4 is 27.5 Å². The number of rotatable bonds is 3. The summed E-state index contributed by atoms with van der Waals surface area (Å²) in [6.45, 7) is 3.91. The lowest BCUT2D eigenvalue weighted by Crippen LogP contribution is -2.03. The molecule has 0 radical (unpaired) electrons. The molecule has 0 saturated carbocycles. The molecule has 0 aliphatic rings. The van der Waals surface area contributed by atoms with Gasteiger partial charge in [0.1, 0.15) is 5.82 Å². The standard InChI is InChI=1S/C11H13BrClF/c1-7(6-8(2)13)9-4-3-5-10(12)11(9)14/h3-5,7-8H,6H2,1-2H3. The second kappa shape index (κ2) is 5.13. The van der Waals surface area contributed by atoms with Crippen molar-refractivity contribution < 1.29 is 4.39 Å². The van der Waals surface area contributed by atoms with Crippen LogP contribution in [0.2, 0.25) is 0 Å². The third kappa shape index (κ3) is 2.96. The highest BCUT2D eigenvalue weighted by atomic mass is 79.9. The van der Waals surface area contributed by atoms with Crippen LogP contribution in [0.5, 0.6) is 0 Å². The normalized spacial score (nSPS) is 15.2. The number of hydrogen-bond acceptors (Lipinski definition) is 0. The van der Waals surface area contributed by atoms with Gasteiger partial charge in [0.25, 0.3) is 0 Å². The Morgan fingerprint density at radius 2 is 2.07 bits per heavy atom. The van der Waals surface area contributed by atoms with Gasteiger partial charge in [-0.2, -0.15) is 0 Å². The van der Waals surface area contributed by atoms with Gasteiger partial charge in [-0.05, 0) is 46.8 Å². The molecule has 0 aliphatic carbocycles. The molecule has 0 nitrogen and oxygen atoms in total. The fourth-order valence-corrected chi connectivity index (χ4v) is 2.16. The van der Waals surface area contributed by atoms with Crippen molar-refractivity contribution in [2.45, 2.75) is 31.6 Å². The minimum absolute atomic E-state index is 0.0726. The maximum atomic E-state index is 13.6. The summed E-state index contributed by atoms with van der Waals surface area (Å²) < 4.78 is 14.1. The van der Waals surface area contributed by atoms with E-state index in [-0.39, 0.29) is 17.1 Å². The summed E-state index contributed by atoms with van der Waals surface area (Å²) in [7, 11) is 0. The van der Waals surface area contributed by atoms with E-state index < -0.39 is 0 Å². The Balaban J connectivity index is 2.89. The first kappa shape index (κ1) is 12.0. The van der Waals surface area contributed by atoms with Gasteiger partial charge in [0, 0.05) is 5.38 Å². The summed E-state index contributed by atoms with van der Waals surface area (Å²) in [4.78, 5) is 0. The fraction of sp³-hybridized carbons (Fsp3) is 0.455. The van der Waals surface area contributed by atoms with Gasteiger partial charge in [0.05, 0.1) is 4.47 Å². The first-order chi connectivity index (χ1) is 6.52. The van der Waals surface area contributed by atoms with Crippen LogP contribution in [0.4, 0.5) is 4.39 Å². The van der Waals surface area contributed by atoms with Crippen molar-refractivity contribution in [2.75, 3.05) is 0 Å². The van der Waals surface area contributed by atoms with Crippen LogP contribution >= 0.6 is 27.5 Å². The van der Waals surface area contributed by atoms with E-state index in [0.717, 1.165) is 12.0 Å². The lowest BCUT2D eigenvalue weighted by Gasteiger charge is -2.14. The van der Waals surface area contributed by atoms with Crippen LogP contribution in [0, 0.1) is 5.82 Å². The molecule has 0 aliphatic heterocycles. The van der Waals surface area contributed by atoms with Gasteiger partial charge < -0.3 is 0 Å². The van der Waals surface area contributed by atoms with Crippen molar-refractivity contribution in [1.82, 2.24) is 0 Å². The Morgan fingerprint density at radius 3 is 2.64 bits per heavy atom. The highest BCUT2D eigenvalue weighted by Gasteiger charge is 2.14. The highest BCUT2D eigenvalue weighted by molar-refractivity contribution is 9.10. The lowest BCUT2D eigenvalue weighted by atomic mass is 9.96. The topological polar surface area (TPSA) is 0 Å². The molecule has 0 saturated heterocycles. The van der Waals surface area contributed by atoms with E-state index in [9.17, 15) is 4.39 Å². The Morgan fingerprint density at radius 1 is 1.43 bits per heavy atom. The zero-order chi connectivity index (χ0) is 10.7. The molecule has 1 aromatic rings. The number of halogens is 3. The van der Waals surface area contributed by atoms with Crippen LogP contribution < -0.4 is 0 Å². The van der Waals surface area contributed by atoms with Crippen LogP contribution in [0.25, 0.3) is 0 Å². The molecule has 78 valence electrons. The van der Waals surface area contributed by atoms with Crippen molar-refractivity contribution in [3.63, 3.8) is 0 Å². The molecule has 1 aromatic carbocycles. The van der Waals surface area contributed by atoms with Gasteiger partial charge in [0.2, 0.25) is 0 Å². The first-order valence-electron chi connectivity index (χ1n) is 4.60. The maximum absolute atomic E-state index is 13.6. The smallest absolute Gasteiger partial charge is 0.140 e. The third-order valence-electron chi connectivity index (χ3n) is 2.19. The summed E-state index contributed by atoms with van der Waals surface area (Å²) in [5, 5.41) is 0.0726. The average molecular weight is 280 g/mol. The molecule has 0 aromatic heterocycles. The molecule has 3 heteroatoms. The molecular formula is C11H13BrClF. The molecule has 0 N–H and O–H groups in total. The number of benzene rings is 1. The Hall–Kier alpha value is -0.0800. The molecule has 0 spiro atoms. The van der Waals surface area contributed by atoms with Crippen LogP contribution in [0.1, 0.15) is 31.7 Å². The summed E-state index contributed by atoms with van der Waals surface area (Å²) in [6.07, 6.45) is 0.787. The van der Waals surface area contributed by atoms with E-state index in [2.05, 4.69) is 15.9 Å². The molecule has 14 heavy (non-hydrogen) atoms. The molecule has 0 fully saturated rings.